The molecule has 0 saturated carbocycles. The van der Waals surface area contributed by atoms with Crippen LogP contribution >= 0.6 is 0 Å². The molecule has 2 atom stereocenters. The van der Waals surface area contributed by atoms with Gasteiger partial charge in [-0.25, -0.2) is 0 Å². The maximum atomic E-state index is 13.0. The molecule has 2 aromatic rings. The quantitative estimate of drug-likeness (QED) is 0.911. The van der Waals surface area contributed by atoms with Crippen molar-refractivity contribution < 1.29 is 4.79 Å². The molecule has 0 aliphatic carbocycles. The van der Waals surface area contributed by atoms with E-state index in [1.165, 1.54) is 0 Å². The largest absolute Gasteiger partial charge is 0.361 e. The number of piperazine rings is 1. The number of nitrogens with zero attached hydrogens (tertiary/aromatic N) is 1. The standard InChI is InChI=1S/C17H23N3O/c1-3-13-11-20(14(4-2)10-19-13)17(21)15-7-5-6-12-8-9-18-16(12)15/h5-9,13-14,18-19H,3-4,10-11H2,1-2H3. The van der Waals surface area contributed by atoms with Crippen molar-refractivity contribution >= 4 is 16.8 Å². The van der Waals surface area contributed by atoms with E-state index in [1.807, 2.05) is 30.5 Å². The maximum absolute atomic E-state index is 13.0. The molecule has 2 unspecified atom stereocenters. The summed E-state index contributed by atoms with van der Waals surface area (Å²) in [4.78, 5) is 18.3. The Labute approximate surface area is 125 Å². The molecule has 1 aromatic carbocycles. The van der Waals surface area contributed by atoms with Crippen molar-refractivity contribution in [2.24, 2.45) is 0 Å². The molecule has 1 amide bonds. The second-order valence-corrected chi connectivity index (χ2v) is 5.78. The van der Waals surface area contributed by atoms with Crippen molar-refractivity contribution in [1.29, 1.82) is 0 Å². The van der Waals surface area contributed by atoms with Gasteiger partial charge in [0.2, 0.25) is 0 Å². The lowest BCUT2D eigenvalue weighted by molar-refractivity contribution is 0.0578. The Morgan fingerprint density at radius 3 is 2.90 bits per heavy atom. The first kappa shape index (κ1) is 14.1. The molecule has 0 bridgehead atoms. The molecule has 112 valence electrons. The topological polar surface area (TPSA) is 48.1 Å². The molecule has 2 heterocycles. The van der Waals surface area contributed by atoms with E-state index in [9.17, 15) is 4.79 Å². The Bertz CT molecular complexity index is 634. The van der Waals surface area contributed by atoms with Crippen molar-refractivity contribution in [1.82, 2.24) is 15.2 Å². The van der Waals surface area contributed by atoms with Gasteiger partial charge in [0, 0.05) is 36.8 Å². The van der Waals surface area contributed by atoms with E-state index < -0.39 is 0 Å². The number of para-hydroxylation sites is 1. The summed E-state index contributed by atoms with van der Waals surface area (Å²) < 4.78 is 0. The molecular formula is C17H23N3O. The van der Waals surface area contributed by atoms with Crippen molar-refractivity contribution in [2.45, 2.75) is 38.8 Å². The Morgan fingerprint density at radius 1 is 1.29 bits per heavy atom. The Kier molecular flexibility index (Phi) is 3.97. The Balaban J connectivity index is 1.93. The van der Waals surface area contributed by atoms with Gasteiger partial charge in [-0.1, -0.05) is 26.0 Å². The van der Waals surface area contributed by atoms with Crippen LogP contribution in [0.4, 0.5) is 0 Å². The fourth-order valence-electron chi connectivity index (χ4n) is 3.17. The van der Waals surface area contributed by atoms with Gasteiger partial charge in [-0.3, -0.25) is 4.79 Å². The Morgan fingerprint density at radius 2 is 2.14 bits per heavy atom. The highest BCUT2D eigenvalue weighted by molar-refractivity contribution is 6.05. The van der Waals surface area contributed by atoms with E-state index in [1.54, 1.807) is 0 Å². The van der Waals surface area contributed by atoms with Gasteiger partial charge in [0.05, 0.1) is 11.1 Å². The summed E-state index contributed by atoms with van der Waals surface area (Å²) in [6.07, 6.45) is 3.92. The molecule has 0 spiro atoms. The first-order valence-electron chi connectivity index (χ1n) is 7.85. The smallest absolute Gasteiger partial charge is 0.256 e. The number of hydrogen-bond donors (Lipinski definition) is 2. The SMILES string of the molecule is CCC1CN(C(=O)c2cccc3cc[nH]c23)C(CC)CN1. The number of carbonyl (C=O) groups excluding carboxylic acids is 1. The van der Waals surface area contributed by atoms with Crippen LogP contribution in [-0.4, -0.2) is 41.0 Å². The number of rotatable bonds is 3. The molecule has 1 aliphatic heterocycles. The first-order valence-corrected chi connectivity index (χ1v) is 7.85. The molecule has 1 aromatic heterocycles. The highest BCUT2D eigenvalue weighted by Gasteiger charge is 2.30. The molecular weight excluding hydrogens is 262 g/mol. The van der Waals surface area contributed by atoms with E-state index in [4.69, 9.17) is 0 Å². The van der Waals surface area contributed by atoms with Crippen LogP contribution in [0.15, 0.2) is 30.5 Å². The molecule has 1 saturated heterocycles. The van der Waals surface area contributed by atoms with Crippen LogP contribution in [0.25, 0.3) is 10.9 Å². The maximum Gasteiger partial charge on any atom is 0.256 e. The van der Waals surface area contributed by atoms with E-state index in [0.717, 1.165) is 42.4 Å². The second-order valence-electron chi connectivity index (χ2n) is 5.78. The highest BCUT2D eigenvalue weighted by Crippen LogP contribution is 2.22. The molecule has 4 heteroatoms. The van der Waals surface area contributed by atoms with E-state index in [2.05, 4.69) is 29.0 Å². The third-order valence-electron chi connectivity index (χ3n) is 4.54. The minimum absolute atomic E-state index is 0.148. The number of fused-ring (bicyclic) bond motifs is 1. The van der Waals surface area contributed by atoms with Crippen LogP contribution in [0.1, 0.15) is 37.0 Å². The lowest BCUT2D eigenvalue weighted by Gasteiger charge is -2.40. The van der Waals surface area contributed by atoms with Crippen LogP contribution in [0.2, 0.25) is 0 Å². The fourth-order valence-corrected chi connectivity index (χ4v) is 3.17. The van der Waals surface area contributed by atoms with Crippen LogP contribution in [0.5, 0.6) is 0 Å². The van der Waals surface area contributed by atoms with E-state index in [-0.39, 0.29) is 11.9 Å². The summed E-state index contributed by atoms with van der Waals surface area (Å²) in [6, 6.07) is 8.62. The lowest BCUT2D eigenvalue weighted by atomic mass is 10.0. The van der Waals surface area contributed by atoms with E-state index in [0.29, 0.717) is 6.04 Å². The van der Waals surface area contributed by atoms with Crippen LogP contribution in [0.3, 0.4) is 0 Å². The second kappa shape index (κ2) is 5.90. The third kappa shape index (κ3) is 2.56. The average Bonchev–Trinajstić information content (AvgIpc) is 3.02. The van der Waals surface area contributed by atoms with Gasteiger partial charge in [0.1, 0.15) is 0 Å². The molecule has 1 aliphatic rings. The number of H-pyrrole nitrogens is 1. The molecule has 0 radical (unpaired) electrons. The number of benzene rings is 1. The van der Waals surface area contributed by atoms with Gasteiger partial charge in [0.15, 0.2) is 0 Å². The predicted molar refractivity (Wildman–Crippen MR) is 85.5 cm³/mol. The van der Waals surface area contributed by atoms with Crippen molar-refractivity contribution in [2.75, 3.05) is 13.1 Å². The zero-order valence-electron chi connectivity index (χ0n) is 12.7. The summed E-state index contributed by atoms with van der Waals surface area (Å²) in [6.45, 7) is 6.00. The van der Waals surface area contributed by atoms with Gasteiger partial charge < -0.3 is 15.2 Å². The highest BCUT2D eigenvalue weighted by atomic mass is 16.2. The predicted octanol–water partition coefficient (Wildman–Crippen LogP) is 2.77. The normalized spacial score (nSPS) is 22.7. The van der Waals surface area contributed by atoms with Crippen LogP contribution in [-0.2, 0) is 0 Å². The first-order chi connectivity index (χ1) is 10.2. The Hall–Kier alpha value is -1.81. The number of hydrogen-bond acceptors (Lipinski definition) is 2. The third-order valence-corrected chi connectivity index (χ3v) is 4.54. The monoisotopic (exact) mass is 285 g/mol. The summed E-state index contributed by atoms with van der Waals surface area (Å²) >= 11 is 0. The zero-order valence-corrected chi connectivity index (χ0v) is 12.7. The number of aromatic amines is 1. The van der Waals surface area contributed by atoms with Crippen molar-refractivity contribution in [3.63, 3.8) is 0 Å². The number of amides is 1. The summed E-state index contributed by atoms with van der Waals surface area (Å²) in [5.41, 5.74) is 1.73. The molecule has 21 heavy (non-hydrogen) atoms. The van der Waals surface area contributed by atoms with Gasteiger partial charge in [-0.05, 0) is 25.0 Å². The van der Waals surface area contributed by atoms with Gasteiger partial charge in [0.25, 0.3) is 5.91 Å². The zero-order chi connectivity index (χ0) is 14.8. The van der Waals surface area contributed by atoms with Gasteiger partial charge >= 0.3 is 0 Å². The van der Waals surface area contributed by atoms with Gasteiger partial charge in [-0.15, -0.1) is 0 Å². The van der Waals surface area contributed by atoms with Crippen molar-refractivity contribution in [3.8, 4) is 0 Å². The minimum atomic E-state index is 0.148. The number of carbonyl (C=O) groups is 1. The minimum Gasteiger partial charge on any atom is -0.361 e. The molecule has 2 N–H and O–H groups in total. The molecule has 1 fully saturated rings. The number of aromatic nitrogens is 1. The van der Waals surface area contributed by atoms with E-state index >= 15 is 0 Å². The van der Waals surface area contributed by atoms with Gasteiger partial charge in [-0.2, -0.15) is 0 Å². The summed E-state index contributed by atoms with van der Waals surface area (Å²) in [7, 11) is 0. The van der Waals surface area contributed by atoms with Crippen LogP contribution in [0, 0.1) is 0 Å². The summed E-state index contributed by atoms with van der Waals surface area (Å²) in [5, 5.41) is 4.63. The molecule has 4 nitrogen and oxygen atoms in total. The van der Waals surface area contributed by atoms with Crippen molar-refractivity contribution in [3.05, 3.63) is 36.0 Å². The lowest BCUT2D eigenvalue weighted by Crippen LogP contribution is -2.57. The summed E-state index contributed by atoms with van der Waals surface area (Å²) in [5.74, 6) is 0.148. The molecule has 3 rings (SSSR count). The van der Waals surface area contributed by atoms with Crippen LogP contribution < -0.4 is 5.32 Å². The fraction of sp³-hybridized carbons (Fsp3) is 0.471. The average molecular weight is 285 g/mol. The number of nitrogens with one attached hydrogen (secondary N) is 2.